The maximum absolute atomic E-state index is 13.7. The standard InChI is InChI=1S/C23H25N5O5.ClH/c1-14(29)27(18(13-19(30)31)15-7-5-4-6-8-15)28-21(32)23(2,26(3)22(28)33)17-11-9-16(10-12-17)20(24)25;/h4-12,18H,13H2,1-3H3,(H3,24,25)(H,30,31);1H/t18-,23-;/m1./s1. The van der Waals surface area contributed by atoms with Gasteiger partial charge in [0.1, 0.15) is 11.4 Å². The number of benzene rings is 2. The number of urea groups is 1. The van der Waals surface area contributed by atoms with Gasteiger partial charge in [-0.1, -0.05) is 54.6 Å². The summed E-state index contributed by atoms with van der Waals surface area (Å²) in [6, 6.07) is 12.8. The quantitative estimate of drug-likeness (QED) is 0.310. The van der Waals surface area contributed by atoms with E-state index in [1.807, 2.05) is 0 Å². The highest BCUT2D eigenvalue weighted by Gasteiger charge is 2.57. The molecule has 0 aliphatic carbocycles. The highest BCUT2D eigenvalue weighted by molar-refractivity contribution is 6.08. The molecule has 4 amide bonds. The first-order chi connectivity index (χ1) is 15.5. The number of carboxylic acid groups (broad SMARTS) is 1. The minimum absolute atomic E-state index is 0. The van der Waals surface area contributed by atoms with E-state index in [0.29, 0.717) is 16.7 Å². The zero-order chi connectivity index (χ0) is 24.5. The van der Waals surface area contributed by atoms with Crippen molar-refractivity contribution in [3.05, 3.63) is 71.3 Å². The van der Waals surface area contributed by atoms with Gasteiger partial charge >= 0.3 is 12.0 Å². The molecule has 0 aromatic heterocycles. The van der Waals surface area contributed by atoms with Gasteiger partial charge in [-0.2, -0.15) is 5.01 Å². The number of halogens is 1. The van der Waals surface area contributed by atoms with Crippen molar-refractivity contribution >= 4 is 42.1 Å². The predicted molar refractivity (Wildman–Crippen MR) is 126 cm³/mol. The molecule has 2 aromatic carbocycles. The van der Waals surface area contributed by atoms with Crippen LogP contribution in [0.1, 0.15) is 43.0 Å². The molecule has 1 saturated heterocycles. The second-order valence-corrected chi connectivity index (χ2v) is 7.91. The smallest absolute Gasteiger partial charge is 0.347 e. The van der Waals surface area contributed by atoms with Gasteiger partial charge in [0.25, 0.3) is 5.91 Å². The van der Waals surface area contributed by atoms with Crippen LogP contribution in [0.3, 0.4) is 0 Å². The van der Waals surface area contributed by atoms with Crippen LogP contribution in [0.4, 0.5) is 4.79 Å². The minimum Gasteiger partial charge on any atom is -0.481 e. The molecule has 11 heteroatoms. The molecule has 2 aromatic rings. The predicted octanol–water partition coefficient (Wildman–Crippen LogP) is 2.48. The van der Waals surface area contributed by atoms with Crippen molar-refractivity contribution in [2.24, 2.45) is 5.73 Å². The van der Waals surface area contributed by atoms with Gasteiger partial charge in [-0.15, -0.1) is 12.4 Å². The van der Waals surface area contributed by atoms with E-state index in [9.17, 15) is 24.3 Å². The number of hydrogen-bond acceptors (Lipinski definition) is 5. The van der Waals surface area contributed by atoms with E-state index in [0.717, 1.165) is 10.0 Å². The fraction of sp³-hybridized carbons (Fsp3) is 0.261. The molecule has 1 aliphatic rings. The van der Waals surface area contributed by atoms with E-state index < -0.39 is 41.8 Å². The van der Waals surface area contributed by atoms with Gasteiger partial charge in [0.05, 0.1) is 12.5 Å². The SMILES string of the molecule is CC(=O)N([C@H](CC(=O)O)c1ccccc1)N1C(=O)N(C)[C@](C)(c2ccc(C(=N)N)cc2)C1=O.Cl. The van der Waals surface area contributed by atoms with E-state index >= 15 is 0 Å². The van der Waals surface area contributed by atoms with Gasteiger partial charge in [-0.05, 0) is 18.1 Å². The molecular formula is C23H26ClN5O5. The fourth-order valence-corrected chi connectivity index (χ4v) is 3.94. The number of nitrogen functional groups attached to an aromatic ring is 1. The Balaban J connectivity index is 0.00000408. The molecule has 0 spiro atoms. The summed E-state index contributed by atoms with van der Waals surface area (Å²) in [6.45, 7) is 2.72. The summed E-state index contributed by atoms with van der Waals surface area (Å²) < 4.78 is 0. The maximum Gasteiger partial charge on any atom is 0.347 e. The van der Waals surface area contributed by atoms with Crippen LogP contribution in [-0.2, 0) is 19.9 Å². The first-order valence-electron chi connectivity index (χ1n) is 10.1. The number of carbonyl (C=O) groups excluding carboxylic acids is 3. The molecule has 0 bridgehead atoms. The largest absolute Gasteiger partial charge is 0.481 e. The molecule has 10 nitrogen and oxygen atoms in total. The van der Waals surface area contributed by atoms with Crippen LogP contribution in [0.2, 0.25) is 0 Å². The molecule has 2 atom stereocenters. The normalized spacial score (nSPS) is 18.3. The summed E-state index contributed by atoms with van der Waals surface area (Å²) in [7, 11) is 1.44. The van der Waals surface area contributed by atoms with Crippen LogP contribution < -0.4 is 5.73 Å². The number of rotatable bonds is 7. The van der Waals surface area contributed by atoms with Gasteiger partial charge in [0.2, 0.25) is 5.91 Å². The lowest BCUT2D eigenvalue weighted by Gasteiger charge is -2.35. The first kappa shape index (κ1) is 26.3. The second kappa shape index (κ2) is 9.92. The van der Waals surface area contributed by atoms with Crippen molar-refractivity contribution in [2.75, 3.05) is 7.05 Å². The molecule has 34 heavy (non-hydrogen) atoms. The maximum atomic E-state index is 13.7. The number of nitrogens with two attached hydrogens (primary N) is 1. The van der Waals surface area contributed by atoms with E-state index in [2.05, 4.69) is 0 Å². The number of amides is 4. The van der Waals surface area contributed by atoms with Gasteiger partial charge in [0.15, 0.2) is 0 Å². The third-order valence-corrected chi connectivity index (χ3v) is 5.89. The molecule has 0 radical (unpaired) electrons. The Labute approximate surface area is 202 Å². The highest BCUT2D eigenvalue weighted by Crippen LogP contribution is 2.39. The Kier molecular flexibility index (Phi) is 7.68. The van der Waals surface area contributed by atoms with Gasteiger partial charge in [-0.25, -0.2) is 9.80 Å². The number of nitrogens with one attached hydrogen (secondary N) is 1. The summed E-state index contributed by atoms with van der Waals surface area (Å²) in [4.78, 5) is 52.5. The molecule has 1 heterocycles. The first-order valence-corrected chi connectivity index (χ1v) is 10.1. The van der Waals surface area contributed by atoms with Gasteiger partial charge in [0, 0.05) is 19.5 Å². The second-order valence-electron chi connectivity index (χ2n) is 7.91. The molecule has 1 aliphatic heterocycles. The fourth-order valence-electron chi connectivity index (χ4n) is 3.94. The third-order valence-electron chi connectivity index (χ3n) is 5.89. The summed E-state index contributed by atoms with van der Waals surface area (Å²) in [6.07, 6.45) is -0.506. The Morgan fingerprint density at radius 2 is 1.68 bits per heavy atom. The molecular weight excluding hydrogens is 462 g/mol. The molecule has 0 unspecified atom stereocenters. The van der Waals surface area contributed by atoms with Crippen molar-refractivity contribution in [3.63, 3.8) is 0 Å². The number of carbonyl (C=O) groups is 4. The van der Waals surface area contributed by atoms with Crippen molar-refractivity contribution in [1.29, 1.82) is 5.41 Å². The van der Waals surface area contributed by atoms with Crippen molar-refractivity contribution < 1.29 is 24.3 Å². The Morgan fingerprint density at radius 3 is 2.15 bits per heavy atom. The lowest BCUT2D eigenvalue weighted by atomic mass is 9.90. The monoisotopic (exact) mass is 487 g/mol. The molecule has 4 N–H and O–H groups in total. The molecule has 0 saturated carbocycles. The average Bonchev–Trinajstić information content (AvgIpc) is 2.95. The molecule has 1 fully saturated rings. The summed E-state index contributed by atoms with van der Waals surface area (Å²) in [5, 5.41) is 18.7. The zero-order valence-electron chi connectivity index (χ0n) is 18.9. The lowest BCUT2D eigenvalue weighted by molar-refractivity contribution is -0.162. The highest BCUT2D eigenvalue weighted by atomic mass is 35.5. The average molecular weight is 488 g/mol. The Bertz CT molecular complexity index is 1120. The van der Waals surface area contributed by atoms with Crippen LogP contribution in [-0.4, -0.2) is 56.7 Å². The zero-order valence-corrected chi connectivity index (χ0v) is 19.7. The summed E-state index contributed by atoms with van der Waals surface area (Å²) in [5.41, 5.74) is 5.41. The topological polar surface area (TPSA) is 148 Å². The van der Waals surface area contributed by atoms with Crippen LogP contribution in [0, 0.1) is 5.41 Å². The lowest BCUT2D eigenvalue weighted by Crippen LogP contribution is -2.52. The number of likely N-dealkylation sites (N-methyl/N-ethyl adjacent to an activating group) is 1. The van der Waals surface area contributed by atoms with Gasteiger partial charge < -0.3 is 15.7 Å². The van der Waals surface area contributed by atoms with Crippen LogP contribution >= 0.6 is 12.4 Å². The molecule has 180 valence electrons. The van der Waals surface area contributed by atoms with E-state index in [4.69, 9.17) is 11.1 Å². The van der Waals surface area contributed by atoms with E-state index in [-0.39, 0.29) is 18.2 Å². The number of hydrogen-bond donors (Lipinski definition) is 3. The van der Waals surface area contributed by atoms with E-state index in [1.165, 1.54) is 18.9 Å². The summed E-state index contributed by atoms with van der Waals surface area (Å²) >= 11 is 0. The third kappa shape index (κ3) is 4.44. The minimum atomic E-state index is -1.47. The summed E-state index contributed by atoms with van der Waals surface area (Å²) in [5.74, 6) is -2.69. The van der Waals surface area contributed by atoms with E-state index in [1.54, 1.807) is 61.5 Å². The van der Waals surface area contributed by atoms with Crippen molar-refractivity contribution in [2.45, 2.75) is 31.8 Å². The Morgan fingerprint density at radius 1 is 1.12 bits per heavy atom. The van der Waals surface area contributed by atoms with Gasteiger partial charge in [-0.3, -0.25) is 19.8 Å². The van der Waals surface area contributed by atoms with Crippen LogP contribution in [0.25, 0.3) is 0 Å². The number of hydrazine groups is 1. The number of carboxylic acids is 1. The van der Waals surface area contributed by atoms with Crippen LogP contribution in [0.5, 0.6) is 0 Å². The number of nitrogens with zero attached hydrogens (tertiary/aromatic N) is 3. The Hall–Kier alpha value is -3.92. The van der Waals surface area contributed by atoms with Crippen molar-refractivity contribution in [1.82, 2.24) is 14.9 Å². The number of amidine groups is 1. The van der Waals surface area contributed by atoms with Crippen LogP contribution in [0.15, 0.2) is 54.6 Å². The molecule has 3 rings (SSSR count). The van der Waals surface area contributed by atoms with Crippen molar-refractivity contribution in [3.8, 4) is 0 Å². The number of aliphatic carboxylic acids is 1. The number of imide groups is 1.